The first-order chi connectivity index (χ1) is 8.25. The monoisotopic (exact) mass is 239 g/mol. The molecule has 0 spiro atoms. The predicted octanol–water partition coefficient (Wildman–Crippen LogP) is 1.71. The lowest BCUT2D eigenvalue weighted by molar-refractivity contribution is 0.193. The molecule has 1 heterocycles. The number of nitrogens with zero attached hydrogens (tertiary/aromatic N) is 1. The zero-order valence-corrected chi connectivity index (χ0v) is 10.9. The van der Waals surface area contributed by atoms with Crippen LogP contribution < -0.4 is 10.6 Å². The molecule has 2 rings (SSSR count). The molecule has 2 N–H and O–H groups in total. The highest BCUT2D eigenvalue weighted by molar-refractivity contribution is 5.74. The fourth-order valence-corrected chi connectivity index (χ4v) is 2.46. The summed E-state index contributed by atoms with van der Waals surface area (Å²) in [6.07, 6.45) is 8.55. The molecule has 0 radical (unpaired) electrons. The highest BCUT2D eigenvalue weighted by Crippen LogP contribution is 2.18. The molecule has 2 aliphatic rings. The molecule has 1 aliphatic heterocycles. The minimum Gasteiger partial charge on any atom is -0.335 e. The molecule has 1 aliphatic carbocycles. The Morgan fingerprint density at radius 3 is 2.71 bits per heavy atom. The Morgan fingerprint density at radius 2 is 2.12 bits per heavy atom. The van der Waals surface area contributed by atoms with Crippen molar-refractivity contribution in [1.82, 2.24) is 15.5 Å². The van der Waals surface area contributed by atoms with Gasteiger partial charge in [-0.3, -0.25) is 0 Å². The van der Waals surface area contributed by atoms with Crippen LogP contribution in [0.1, 0.15) is 44.9 Å². The van der Waals surface area contributed by atoms with Gasteiger partial charge in [0.1, 0.15) is 0 Å². The number of nitrogens with one attached hydrogen (secondary N) is 2. The first-order valence-electron chi connectivity index (χ1n) is 7.01. The average Bonchev–Trinajstić information content (AvgIpc) is 2.32. The van der Waals surface area contributed by atoms with Gasteiger partial charge in [-0.05, 0) is 45.1 Å². The Labute approximate surface area is 104 Å². The van der Waals surface area contributed by atoms with Gasteiger partial charge in [0, 0.05) is 25.7 Å². The van der Waals surface area contributed by atoms with E-state index in [4.69, 9.17) is 0 Å². The number of hydrogen-bond donors (Lipinski definition) is 2. The lowest BCUT2D eigenvalue weighted by atomic mass is 9.93. The number of carbonyl (C=O) groups is 1. The molecule has 2 amide bonds. The second kappa shape index (κ2) is 6.24. The summed E-state index contributed by atoms with van der Waals surface area (Å²) in [6, 6.07) is 1.16. The molecule has 1 saturated carbocycles. The minimum absolute atomic E-state index is 0.102. The second-order valence-corrected chi connectivity index (χ2v) is 5.43. The van der Waals surface area contributed by atoms with Gasteiger partial charge in [-0.2, -0.15) is 0 Å². The van der Waals surface area contributed by atoms with Crippen molar-refractivity contribution in [2.24, 2.45) is 0 Å². The maximum atomic E-state index is 11.8. The van der Waals surface area contributed by atoms with Crippen LogP contribution in [0.15, 0.2) is 0 Å². The van der Waals surface area contributed by atoms with Crippen molar-refractivity contribution in [3.63, 3.8) is 0 Å². The van der Waals surface area contributed by atoms with Crippen LogP contribution in [0.3, 0.4) is 0 Å². The van der Waals surface area contributed by atoms with Crippen LogP contribution in [0, 0.1) is 0 Å². The standard InChI is InChI=1S/C13H25N3O/c1-16(13(17)15-12-6-4-7-12)10-8-11-5-2-3-9-14-11/h11-12,14H,2-10H2,1H3,(H,15,17). The molecule has 4 nitrogen and oxygen atoms in total. The van der Waals surface area contributed by atoms with Gasteiger partial charge in [0.15, 0.2) is 0 Å². The predicted molar refractivity (Wildman–Crippen MR) is 69.1 cm³/mol. The van der Waals surface area contributed by atoms with E-state index < -0.39 is 0 Å². The Morgan fingerprint density at radius 1 is 1.29 bits per heavy atom. The fraction of sp³-hybridized carbons (Fsp3) is 0.923. The van der Waals surface area contributed by atoms with Crippen LogP contribution in [0.2, 0.25) is 0 Å². The van der Waals surface area contributed by atoms with Crippen molar-refractivity contribution in [3.8, 4) is 0 Å². The first kappa shape index (κ1) is 12.7. The Balaban J connectivity index is 1.61. The van der Waals surface area contributed by atoms with E-state index in [9.17, 15) is 4.79 Å². The van der Waals surface area contributed by atoms with Crippen molar-refractivity contribution in [1.29, 1.82) is 0 Å². The highest BCUT2D eigenvalue weighted by Gasteiger charge is 2.21. The third-order valence-electron chi connectivity index (χ3n) is 4.00. The van der Waals surface area contributed by atoms with Crippen LogP contribution >= 0.6 is 0 Å². The van der Waals surface area contributed by atoms with Gasteiger partial charge >= 0.3 is 6.03 Å². The topological polar surface area (TPSA) is 44.4 Å². The summed E-state index contributed by atoms with van der Waals surface area (Å²) in [5, 5.41) is 6.59. The number of urea groups is 1. The maximum Gasteiger partial charge on any atom is 0.317 e. The van der Waals surface area contributed by atoms with Crippen molar-refractivity contribution in [3.05, 3.63) is 0 Å². The average molecular weight is 239 g/mol. The van der Waals surface area contributed by atoms with E-state index in [-0.39, 0.29) is 6.03 Å². The van der Waals surface area contributed by atoms with Gasteiger partial charge < -0.3 is 15.5 Å². The molecular formula is C13H25N3O. The third-order valence-corrected chi connectivity index (χ3v) is 4.00. The quantitative estimate of drug-likeness (QED) is 0.784. The molecule has 4 heteroatoms. The first-order valence-corrected chi connectivity index (χ1v) is 7.01. The highest BCUT2D eigenvalue weighted by atomic mass is 16.2. The van der Waals surface area contributed by atoms with E-state index >= 15 is 0 Å². The van der Waals surface area contributed by atoms with E-state index in [0.717, 1.165) is 32.4 Å². The second-order valence-electron chi connectivity index (χ2n) is 5.43. The summed E-state index contributed by atoms with van der Waals surface area (Å²) in [4.78, 5) is 13.6. The van der Waals surface area contributed by atoms with E-state index in [1.165, 1.54) is 25.7 Å². The lowest BCUT2D eigenvalue weighted by Gasteiger charge is -2.30. The van der Waals surface area contributed by atoms with Crippen LogP contribution in [-0.2, 0) is 0 Å². The summed E-state index contributed by atoms with van der Waals surface area (Å²) in [6.45, 7) is 2.00. The van der Waals surface area contributed by atoms with E-state index in [2.05, 4.69) is 10.6 Å². The van der Waals surface area contributed by atoms with Gasteiger partial charge in [0.25, 0.3) is 0 Å². The molecule has 0 aromatic heterocycles. The van der Waals surface area contributed by atoms with Crippen molar-refractivity contribution < 1.29 is 4.79 Å². The van der Waals surface area contributed by atoms with E-state index in [0.29, 0.717) is 12.1 Å². The molecule has 1 atom stereocenters. The summed E-state index contributed by atoms with van der Waals surface area (Å²) in [7, 11) is 1.90. The van der Waals surface area contributed by atoms with Gasteiger partial charge in [-0.1, -0.05) is 6.42 Å². The normalized spacial score (nSPS) is 25.1. The fourth-order valence-electron chi connectivity index (χ4n) is 2.46. The molecule has 2 fully saturated rings. The molecule has 98 valence electrons. The van der Waals surface area contributed by atoms with Crippen LogP contribution in [-0.4, -0.2) is 43.2 Å². The van der Waals surface area contributed by atoms with Gasteiger partial charge in [0.05, 0.1) is 0 Å². The summed E-state index contributed by atoms with van der Waals surface area (Å²) in [5.74, 6) is 0. The van der Waals surface area contributed by atoms with E-state index in [1.54, 1.807) is 0 Å². The molecular weight excluding hydrogens is 214 g/mol. The molecule has 1 saturated heterocycles. The Kier molecular flexibility index (Phi) is 4.66. The van der Waals surface area contributed by atoms with E-state index in [1.807, 2.05) is 11.9 Å². The smallest absolute Gasteiger partial charge is 0.317 e. The van der Waals surface area contributed by atoms with Gasteiger partial charge in [0.2, 0.25) is 0 Å². The van der Waals surface area contributed by atoms with Crippen molar-refractivity contribution in [2.45, 2.75) is 57.0 Å². The minimum atomic E-state index is 0.102. The number of amides is 2. The molecule has 17 heavy (non-hydrogen) atoms. The SMILES string of the molecule is CN(CCC1CCCCN1)C(=O)NC1CCC1. The van der Waals surface area contributed by atoms with Crippen LogP contribution in [0.4, 0.5) is 4.79 Å². The molecule has 0 aromatic rings. The largest absolute Gasteiger partial charge is 0.335 e. The molecule has 0 bridgehead atoms. The summed E-state index contributed by atoms with van der Waals surface area (Å²) in [5.41, 5.74) is 0. The van der Waals surface area contributed by atoms with Gasteiger partial charge in [-0.15, -0.1) is 0 Å². The number of hydrogen-bond acceptors (Lipinski definition) is 2. The zero-order chi connectivity index (χ0) is 12.1. The maximum absolute atomic E-state index is 11.8. The van der Waals surface area contributed by atoms with Crippen molar-refractivity contribution >= 4 is 6.03 Å². The Hall–Kier alpha value is -0.770. The molecule has 1 unspecified atom stereocenters. The molecule has 0 aromatic carbocycles. The Bertz CT molecular complexity index is 247. The summed E-state index contributed by atoms with van der Waals surface area (Å²) < 4.78 is 0. The number of carbonyl (C=O) groups excluding carboxylic acids is 1. The van der Waals surface area contributed by atoms with Gasteiger partial charge in [-0.25, -0.2) is 4.79 Å². The summed E-state index contributed by atoms with van der Waals surface area (Å²) >= 11 is 0. The van der Waals surface area contributed by atoms with Crippen LogP contribution in [0.5, 0.6) is 0 Å². The lowest BCUT2D eigenvalue weighted by Crippen LogP contribution is -2.47. The number of piperidine rings is 1. The van der Waals surface area contributed by atoms with Crippen LogP contribution in [0.25, 0.3) is 0 Å². The van der Waals surface area contributed by atoms with Crippen molar-refractivity contribution in [2.75, 3.05) is 20.1 Å². The zero-order valence-electron chi connectivity index (χ0n) is 10.9. The number of rotatable bonds is 4. The third kappa shape index (κ3) is 3.87.